The first kappa shape index (κ1) is 14.3. The van der Waals surface area contributed by atoms with Gasteiger partial charge in [0, 0.05) is 28.7 Å². The summed E-state index contributed by atoms with van der Waals surface area (Å²) < 4.78 is 17.5. The van der Waals surface area contributed by atoms with E-state index in [9.17, 15) is 9.59 Å². The van der Waals surface area contributed by atoms with E-state index >= 15 is 0 Å². The Bertz CT molecular complexity index is 880. The van der Waals surface area contributed by atoms with Crippen LogP contribution in [0.1, 0.15) is 55.1 Å². The third-order valence-corrected chi connectivity index (χ3v) is 7.97. The first-order valence-corrected chi connectivity index (χ1v) is 9.07. The predicted octanol–water partition coefficient (Wildman–Crippen LogP) is 3.01. The van der Waals surface area contributed by atoms with E-state index in [0.717, 1.165) is 17.8 Å². The second-order valence-corrected chi connectivity index (χ2v) is 8.80. The number of furan rings is 1. The topological polar surface area (TPSA) is 69.0 Å². The first-order chi connectivity index (χ1) is 11.9. The average Bonchev–Trinajstić information content (AvgIpc) is 2.96. The van der Waals surface area contributed by atoms with Crippen LogP contribution in [0, 0.1) is 16.7 Å². The molecule has 130 valence electrons. The number of ketones is 1. The molecule has 0 amide bonds. The standard InChI is InChI=1S/C20H20O5/c1-18-7-13(21)10-5-6-23-15(10)11-3-4-12-17(22)24-9-20(12,16(11)18)8-14-19(18,2)25-14/h4-6,11,14,16H,3,7-9H2,1-2H3/t11-,14-,16-,18+,19+,20+/m1/s1. The molecule has 2 saturated heterocycles. The van der Waals surface area contributed by atoms with Crippen molar-refractivity contribution in [1.29, 1.82) is 0 Å². The third-order valence-electron chi connectivity index (χ3n) is 7.97. The highest BCUT2D eigenvalue weighted by Gasteiger charge is 2.78. The van der Waals surface area contributed by atoms with Gasteiger partial charge in [0.25, 0.3) is 0 Å². The molecule has 1 spiro atoms. The van der Waals surface area contributed by atoms with Gasteiger partial charge in [-0.15, -0.1) is 0 Å². The minimum Gasteiger partial charge on any atom is -0.468 e. The molecule has 1 aromatic heterocycles. The Morgan fingerprint density at radius 3 is 2.92 bits per heavy atom. The van der Waals surface area contributed by atoms with E-state index in [2.05, 4.69) is 13.8 Å². The van der Waals surface area contributed by atoms with Crippen molar-refractivity contribution in [1.82, 2.24) is 0 Å². The Hall–Kier alpha value is -1.88. The lowest BCUT2D eigenvalue weighted by molar-refractivity contribution is -0.135. The average molecular weight is 340 g/mol. The van der Waals surface area contributed by atoms with Gasteiger partial charge in [0.05, 0.1) is 23.5 Å². The molecule has 3 aliphatic carbocycles. The van der Waals surface area contributed by atoms with Crippen molar-refractivity contribution in [2.24, 2.45) is 16.7 Å². The zero-order valence-electron chi connectivity index (χ0n) is 14.3. The minimum absolute atomic E-state index is 0.0849. The van der Waals surface area contributed by atoms with Gasteiger partial charge >= 0.3 is 5.97 Å². The van der Waals surface area contributed by atoms with Gasteiger partial charge in [-0.25, -0.2) is 4.79 Å². The largest absolute Gasteiger partial charge is 0.468 e. The van der Waals surface area contributed by atoms with Gasteiger partial charge in [0.1, 0.15) is 12.4 Å². The highest BCUT2D eigenvalue weighted by Crippen LogP contribution is 2.74. The van der Waals surface area contributed by atoms with Crippen LogP contribution in [0.3, 0.4) is 0 Å². The molecule has 5 heteroatoms. The summed E-state index contributed by atoms with van der Waals surface area (Å²) in [5.74, 6) is 0.906. The summed E-state index contributed by atoms with van der Waals surface area (Å²) in [7, 11) is 0. The number of rotatable bonds is 0. The predicted molar refractivity (Wildman–Crippen MR) is 86.0 cm³/mol. The van der Waals surface area contributed by atoms with Crippen LogP contribution < -0.4 is 0 Å². The lowest BCUT2D eigenvalue weighted by Crippen LogP contribution is -2.58. The van der Waals surface area contributed by atoms with Crippen LogP contribution in [0.15, 0.2) is 28.4 Å². The minimum atomic E-state index is -0.357. The van der Waals surface area contributed by atoms with Crippen molar-refractivity contribution >= 4 is 11.8 Å². The van der Waals surface area contributed by atoms with E-state index < -0.39 is 0 Å². The Kier molecular flexibility index (Phi) is 2.25. The molecule has 5 nitrogen and oxygen atoms in total. The van der Waals surface area contributed by atoms with Gasteiger partial charge in [0.15, 0.2) is 5.78 Å². The van der Waals surface area contributed by atoms with Crippen LogP contribution in [0.2, 0.25) is 0 Å². The van der Waals surface area contributed by atoms with Crippen molar-refractivity contribution in [3.05, 3.63) is 35.3 Å². The molecule has 25 heavy (non-hydrogen) atoms. The molecule has 1 saturated carbocycles. The maximum Gasteiger partial charge on any atom is 0.334 e. The lowest BCUT2D eigenvalue weighted by atomic mass is 9.44. The quantitative estimate of drug-likeness (QED) is 0.536. The van der Waals surface area contributed by atoms with E-state index in [4.69, 9.17) is 13.9 Å². The number of esters is 1. The van der Waals surface area contributed by atoms with Crippen molar-refractivity contribution < 1.29 is 23.5 Å². The number of hydrogen-bond acceptors (Lipinski definition) is 5. The molecule has 0 bridgehead atoms. The van der Waals surface area contributed by atoms with Crippen LogP contribution in [0.25, 0.3) is 0 Å². The summed E-state index contributed by atoms with van der Waals surface area (Å²) in [4.78, 5) is 25.5. The highest BCUT2D eigenvalue weighted by atomic mass is 16.6. The van der Waals surface area contributed by atoms with Crippen LogP contribution in [-0.2, 0) is 14.3 Å². The number of hydrogen-bond donors (Lipinski definition) is 0. The molecule has 6 atom stereocenters. The zero-order chi connectivity index (χ0) is 17.2. The highest BCUT2D eigenvalue weighted by molar-refractivity contribution is 5.99. The second-order valence-electron chi connectivity index (χ2n) is 8.80. The van der Waals surface area contributed by atoms with Gasteiger partial charge in [-0.05, 0) is 31.7 Å². The van der Waals surface area contributed by atoms with Crippen molar-refractivity contribution in [2.75, 3.05) is 6.61 Å². The summed E-state index contributed by atoms with van der Waals surface area (Å²) in [6.07, 6.45) is 5.67. The number of fused-ring (bicyclic) bond motifs is 4. The summed E-state index contributed by atoms with van der Waals surface area (Å²) in [5, 5.41) is 0. The van der Waals surface area contributed by atoms with E-state index in [-0.39, 0.29) is 46.1 Å². The Morgan fingerprint density at radius 2 is 2.08 bits per heavy atom. The SMILES string of the molecule is C[C@@]12CC(=O)c3ccoc3[C@H]3CC=C4C(=O)OC[C@]4(C[C@H]4O[C@@]41C)[C@H]32. The molecule has 3 heterocycles. The Balaban J connectivity index is 1.65. The smallest absolute Gasteiger partial charge is 0.334 e. The number of epoxide rings is 1. The molecule has 0 radical (unpaired) electrons. The van der Waals surface area contributed by atoms with Gasteiger partial charge in [-0.3, -0.25) is 4.79 Å². The fraction of sp³-hybridized carbons (Fsp3) is 0.600. The molecular weight excluding hydrogens is 320 g/mol. The normalized spacial score (nSPS) is 49.2. The number of allylic oxidation sites excluding steroid dienone is 1. The van der Waals surface area contributed by atoms with Crippen molar-refractivity contribution in [3.8, 4) is 0 Å². The maximum absolute atomic E-state index is 13.0. The Morgan fingerprint density at radius 1 is 1.24 bits per heavy atom. The summed E-state index contributed by atoms with van der Waals surface area (Å²) >= 11 is 0. The van der Waals surface area contributed by atoms with Crippen molar-refractivity contribution in [2.45, 2.75) is 50.7 Å². The van der Waals surface area contributed by atoms with Crippen LogP contribution in [0.5, 0.6) is 0 Å². The molecule has 0 unspecified atom stereocenters. The van der Waals surface area contributed by atoms with Gasteiger partial charge < -0.3 is 13.9 Å². The van der Waals surface area contributed by atoms with Gasteiger partial charge in [-0.2, -0.15) is 0 Å². The van der Waals surface area contributed by atoms with Crippen molar-refractivity contribution in [3.63, 3.8) is 0 Å². The van der Waals surface area contributed by atoms with Gasteiger partial charge in [-0.1, -0.05) is 13.0 Å². The molecule has 1 aromatic rings. The van der Waals surface area contributed by atoms with Gasteiger partial charge in [0.2, 0.25) is 0 Å². The Labute approximate surface area is 145 Å². The maximum atomic E-state index is 13.0. The van der Waals surface area contributed by atoms with Crippen LogP contribution in [0.4, 0.5) is 0 Å². The molecule has 6 rings (SSSR count). The fourth-order valence-corrected chi connectivity index (χ4v) is 6.66. The number of carbonyl (C=O) groups excluding carboxylic acids is 2. The fourth-order valence-electron chi connectivity index (χ4n) is 6.66. The summed E-state index contributed by atoms with van der Waals surface area (Å²) in [6, 6.07) is 1.80. The molecule has 3 fully saturated rings. The van der Waals surface area contributed by atoms with Crippen LogP contribution in [-0.4, -0.2) is 30.1 Å². The molecule has 0 N–H and O–H groups in total. The molecule has 2 aliphatic heterocycles. The molecule has 0 aromatic carbocycles. The second kappa shape index (κ2) is 3.93. The number of carbonyl (C=O) groups is 2. The first-order valence-electron chi connectivity index (χ1n) is 9.07. The summed E-state index contributed by atoms with van der Waals surface area (Å²) in [5.41, 5.74) is 0.504. The number of ether oxygens (including phenoxy) is 2. The van der Waals surface area contributed by atoms with E-state index in [1.54, 1.807) is 12.3 Å². The molecular formula is C20H20O5. The van der Waals surface area contributed by atoms with E-state index in [1.807, 2.05) is 6.08 Å². The number of Topliss-reactive ketones (excluding diaryl/α,β-unsaturated/α-hetero) is 1. The van der Waals surface area contributed by atoms with E-state index in [1.165, 1.54) is 0 Å². The lowest BCUT2D eigenvalue weighted by Gasteiger charge is -2.55. The van der Waals surface area contributed by atoms with Crippen LogP contribution >= 0.6 is 0 Å². The zero-order valence-corrected chi connectivity index (χ0v) is 14.3. The van der Waals surface area contributed by atoms with E-state index in [0.29, 0.717) is 25.0 Å². The summed E-state index contributed by atoms with van der Waals surface area (Å²) in [6.45, 7) is 4.72. The number of cyclic esters (lactones) is 1. The third kappa shape index (κ3) is 1.36. The molecule has 5 aliphatic rings. The monoisotopic (exact) mass is 340 g/mol.